The van der Waals surface area contributed by atoms with Gasteiger partial charge >= 0.3 is 0 Å². The average Bonchev–Trinajstić information content (AvgIpc) is 2.48. The van der Waals surface area contributed by atoms with Gasteiger partial charge in [0.15, 0.2) is 0 Å². The fraction of sp³-hybridized carbons (Fsp3) is 0.533. The predicted octanol–water partition coefficient (Wildman–Crippen LogP) is 0.608. The van der Waals surface area contributed by atoms with E-state index in [1.54, 1.807) is 6.92 Å². The van der Waals surface area contributed by atoms with Crippen LogP contribution in [0.3, 0.4) is 0 Å². The van der Waals surface area contributed by atoms with Crippen molar-refractivity contribution >= 4 is 11.6 Å². The van der Waals surface area contributed by atoms with Gasteiger partial charge in [0.1, 0.15) is 0 Å². The van der Waals surface area contributed by atoms with Crippen LogP contribution in [0.4, 0.5) is 5.69 Å². The fourth-order valence-electron chi connectivity index (χ4n) is 2.50. The smallest absolute Gasteiger partial charge is 0.219 e. The monoisotopic (exact) mass is 277 g/mol. The Kier molecular flexibility index (Phi) is 4.98. The van der Waals surface area contributed by atoms with Gasteiger partial charge in [-0.15, -0.1) is 0 Å². The largest absolute Gasteiger partial charge is 0.387 e. The van der Waals surface area contributed by atoms with Crippen molar-refractivity contribution in [3.8, 4) is 0 Å². The fourth-order valence-corrected chi connectivity index (χ4v) is 2.50. The molecule has 5 nitrogen and oxygen atoms in total. The molecule has 1 amide bonds. The lowest BCUT2D eigenvalue weighted by Gasteiger charge is -2.35. The third kappa shape index (κ3) is 3.49. The molecule has 0 spiro atoms. The standard InChI is InChI=1S/C15H23N3O2/c1-12(19)17-7-9-18(10-8-17)14-5-3-13(4-6-14)15(20)11-16-2/h3-6,15-16,20H,7-11H2,1-2H3. The molecule has 0 radical (unpaired) electrons. The summed E-state index contributed by atoms with van der Waals surface area (Å²) >= 11 is 0. The number of nitrogens with one attached hydrogen (secondary N) is 1. The van der Waals surface area contributed by atoms with E-state index < -0.39 is 6.10 Å². The van der Waals surface area contributed by atoms with Crippen LogP contribution in [0.15, 0.2) is 24.3 Å². The maximum absolute atomic E-state index is 11.3. The molecule has 0 aromatic heterocycles. The molecule has 1 heterocycles. The SMILES string of the molecule is CNCC(O)c1ccc(N2CCN(C(C)=O)CC2)cc1. The number of carbonyl (C=O) groups excluding carboxylic acids is 1. The zero-order chi connectivity index (χ0) is 14.5. The number of hydrogen-bond donors (Lipinski definition) is 2. The van der Waals surface area contributed by atoms with Gasteiger partial charge in [-0.25, -0.2) is 0 Å². The first-order valence-corrected chi connectivity index (χ1v) is 7.05. The first-order chi connectivity index (χ1) is 9.61. The lowest BCUT2D eigenvalue weighted by atomic mass is 10.1. The Hall–Kier alpha value is -1.59. The van der Waals surface area contributed by atoms with Crippen molar-refractivity contribution in [2.75, 3.05) is 44.7 Å². The zero-order valence-corrected chi connectivity index (χ0v) is 12.2. The van der Waals surface area contributed by atoms with Crippen LogP contribution in [-0.2, 0) is 4.79 Å². The molecule has 1 saturated heterocycles. The molecule has 1 aliphatic heterocycles. The molecule has 110 valence electrons. The van der Waals surface area contributed by atoms with Crippen LogP contribution in [0.5, 0.6) is 0 Å². The number of aliphatic hydroxyl groups excluding tert-OH is 1. The number of piperazine rings is 1. The zero-order valence-electron chi connectivity index (χ0n) is 12.2. The van der Waals surface area contributed by atoms with Crippen molar-refractivity contribution in [1.29, 1.82) is 0 Å². The van der Waals surface area contributed by atoms with Gasteiger partial charge in [0.05, 0.1) is 6.10 Å². The Bertz CT molecular complexity index is 439. The first-order valence-electron chi connectivity index (χ1n) is 7.05. The van der Waals surface area contributed by atoms with Crippen molar-refractivity contribution in [3.63, 3.8) is 0 Å². The average molecular weight is 277 g/mol. The van der Waals surface area contributed by atoms with Crippen molar-refractivity contribution in [2.45, 2.75) is 13.0 Å². The molecule has 1 aromatic rings. The summed E-state index contributed by atoms with van der Waals surface area (Å²) in [4.78, 5) is 15.4. The Morgan fingerprint density at radius 1 is 1.25 bits per heavy atom. The van der Waals surface area contributed by atoms with Crippen molar-refractivity contribution in [3.05, 3.63) is 29.8 Å². The van der Waals surface area contributed by atoms with Gasteiger partial charge in [-0.2, -0.15) is 0 Å². The van der Waals surface area contributed by atoms with E-state index in [2.05, 4.69) is 10.2 Å². The Labute approximate surface area is 120 Å². The lowest BCUT2D eigenvalue weighted by molar-refractivity contribution is -0.129. The highest BCUT2D eigenvalue weighted by atomic mass is 16.3. The van der Waals surface area contributed by atoms with Crippen LogP contribution >= 0.6 is 0 Å². The number of benzene rings is 1. The number of nitrogens with zero attached hydrogens (tertiary/aromatic N) is 2. The summed E-state index contributed by atoms with van der Waals surface area (Å²) in [6.07, 6.45) is -0.469. The van der Waals surface area contributed by atoms with Gasteiger partial charge in [0.2, 0.25) is 5.91 Å². The molecule has 20 heavy (non-hydrogen) atoms. The molecule has 1 unspecified atom stereocenters. The molecular weight excluding hydrogens is 254 g/mol. The van der Waals surface area contributed by atoms with E-state index >= 15 is 0 Å². The number of amides is 1. The van der Waals surface area contributed by atoms with Crippen molar-refractivity contribution < 1.29 is 9.90 Å². The number of aliphatic hydroxyl groups is 1. The molecule has 2 N–H and O–H groups in total. The van der Waals surface area contributed by atoms with E-state index in [0.717, 1.165) is 37.4 Å². The van der Waals surface area contributed by atoms with Crippen LogP contribution in [-0.4, -0.2) is 55.7 Å². The molecule has 2 rings (SSSR count). The highest BCUT2D eigenvalue weighted by Gasteiger charge is 2.18. The quantitative estimate of drug-likeness (QED) is 0.846. The second-order valence-electron chi connectivity index (χ2n) is 5.16. The van der Waals surface area contributed by atoms with Crippen LogP contribution in [0.25, 0.3) is 0 Å². The Balaban J connectivity index is 1.96. The van der Waals surface area contributed by atoms with Gasteiger partial charge in [-0.05, 0) is 24.7 Å². The first kappa shape index (κ1) is 14.8. The maximum Gasteiger partial charge on any atom is 0.219 e. The van der Waals surface area contributed by atoms with E-state index in [1.165, 1.54) is 0 Å². The van der Waals surface area contributed by atoms with Gasteiger partial charge in [-0.3, -0.25) is 4.79 Å². The number of carbonyl (C=O) groups is 1. The van der Waals surface area contributed by atoms with Gasteiger partial charge < -0.3 is 20.2 Å². The van der Waals surface area contributed by atoms with Crippen LogP contribution in [0.2, 0.25) is 0 Å². The number of hydrogen-bond acceptors (Lipinski definition) is 4. The molecular formula is C15H23N3O2. The lowest BCUT2D eigenvalue weighted by Crippen LogP contribution is -2.48. The summed E-state index contributed by atoms with van der Waals surface area (Å²) in [5.74, 6) is 0.148. The van der Waals surface area contributed by atoms with E-state index in [1.807, 2.05) is 36.2 Å². The van der Waals surface area contributed by atoms with Crippen molar-refractivity contribution in [2.24, 2.45) is 0 Å². The summed E-state index contributed by atoms with van der Waals surface area (Å²) in [7, 11) is 1.83. The molecule has 1 aromatic carbocycles. The second kappa shape index (κ2) is 6.72. The van der Waals surface area contributed by atoms with Crippen LogP contribution in [0.1, 0.15) is 18.6 Å². The molecule has 0 saturated carbocycles. The second-order valence-corrected chi connectivity index (χ2v) is 5.16. The molecule has 1 fully saturated rings. The number of rotatable bonds is 4. The summed E-state index contributed by atoms with van der Waals surface area (Å²) in [5.41, 5.74) is 2.07. The molecule has 5 heteroatoms. The molecule has 1 atom stereocenters. The summed E-state index contributed by atoms with van der Waals surface area (Å²) in [5, 5.41) is 12.9. The van der Waals surface area contributed by atoms with Crippen LogP contribution in [0, 0.1) is 0 Å². The Morgan fingerprint density at radius 3 is 2.35 bits per heavy atom. The summed E-state index contributed by atoms with van der Waals surface area (Å²) < 4.78 is 0. The minimum Gasteiger partial charge on any atom is -0.387 e. The minimum absolute atomic E-state index is 0.148. The predicted molar refractivity (Wildman–Crippen MR) is 79.8 cm³/mol. The highest BCUT2D eigenvalue weighted by molar-refractivity contribution is 5.73. The maximum atomic E-state index is 11.3. The highest BCUT2D eigenvalue weighted by Crippen LogP contribution is 2.20. The molecule has 1 aliphatic rings. The van der Waals surface area contributed by atoms with Gasteiger partial charge in [0.25, 0.3) is 0 Å². The van der Waals surface area contributed by atoms with E-state index in [4.69, 9.17) is 0 Å². The molecule has 0 bridgehead atoms. The topological polar surface area (TPSA) is 55.8 Å². The van der Waals surface area contributed by atoms with E-state index in [-0.39, 0.29) is 5.91 Å². The summed E-state index contributed by atoms with van der Waals surface area (Å²) in [6.45, 7) is 5.44. The number of likely N-dealkylation sites (N-methyl/N-ethyl adjacent to an activating group) is 1. The molecule has 0 aliphatic carbocycles. The number of anilines is 1. The minimum atomic E-state index is -0.469. The van der Waals surface area contributed by atoms with Gasteiger partial charge in [0, 0.05) is 45.3 Å². The van der Waals surface area contributed by atoms with Crippen LogP contribution < -0.4 is 10.2 Å². The summed E-state index contributed by atoms with van der Waals surface area (Å²) in [6, 6.07) is 8.01. The van der Waals surface area contributed by atoms with E-state index in [0.29, 0.717) is 6.54 Å². The third-order valence-electron chi connectivity index (χ3n) is 3.77. The normalized spacial score (nSPS) is 17.1. The third-order valence-corrected chi connectivity index (χ3v) is 3.77. The van der Waals surface area contributed by atoms with Gasteiger partial charge in [-0.1, -0.05) is 12.1 Å². The van der Waals surface area contributed by atoms with Crippen molar-refractivity contribution in [1.82, 2.24) is 10.2 Å². The van der Waals surface area contributed by atoms with E-state index in [9.17, 15) is 9.90 Å². The Morgan fingerprint density at radius 2 is 1.85 bits per heavy atom.